The van der Waals surface area contributed by atoms with Crippen LogP contribution in [0.3, 0.4) is 0 Å². The van der Waals surface area contributed by atoms with E-state index in [-0.39, 0.29) is 0 Å². The summed E-state index contributed by atoms with van der Waals surface area (Å²) in [7, 11) is 2.02. The Morgan fingerprint density at radius 3 is 2.60 bits per heavy atom. The van der Waals surface area contributed by atoms with Gasteiger partial charge >= 0.3 is 0 Å². The zero-order chi connectivity index (χ0) is 7.56. The van der Waals surface area contributed by atoms with Gasteiger partial charge in [0.15, 0.2) is 0 Å². The van der Waals surface area contributed by atoms with Crippen LogP contribution in [0.2, 0.25) is 0 Å². The lowest BCUT2D eigenvalue weighted by Gasteiger charge is -1.90. The molecule has 10 heavy (non-hydrogen) atoms. The third-order valence-corrected chi connectivity index (χ3v) is 1.73. The molecule has 1 aliphatic heterocycles. The topological polar surface area (TPSA) is 3.01 Å². The van der Waals surface area contributed by atoms with E-state index in [9.17, 15) is 0 Å². The summed E-state index contributed by atoms with van der Waals surface area (Å²) < 4.78 is 2.07. The molecule has 1 nitrogen and oxygen atoms in total. The summed E-state index contributed by atoms with van der Waals surface area (Å²) in [6.07, 6.45) is 6.85. The average Bonchev–Trinajstić information content (AvgIpc) is 2.30. The lowest BCUT2D eigenvalue weighted by Crippen LogP contribution is -1.98. The van der Waals surface area contributed by atoms with Crippen molar-refractivity contribution in [2.45, 2.75) is 6.42 Å². The second-order valence-corrected chi connectivity index (χ2v) is 2.32. The van der Waals surface area contributed by atoms with Crippen LogP contribution < -0.4 is 0 Å². The number of hydrogen-bond donors (Lipinski definition) is 0. The Labute approximate surface area is 61.7 Å². The molecule has 1 heteroatoms. The van der Waals surface area contributed by atoms with E-state index in [0.717, 1.165) is 6.42 Å². The number of hydrogen-bond acceptors (Lipinski definition) is 0. The summed E-state index contributed by atoms with van der Waals surface area (Å²) in [4.78, 5) is 0. The lowest BCUT2D eigenvalue weighted by atomic mass is 10.2. The molecule has 0 atom stereocenters. The van der Waals surface area contributed by atoms with Crippen LogP contribution in [0.1, 0.15) is 6.42 Å². The van der Waals surface area contributed by atoms with Gasteiger partial charge in [-0.15, -0.1) is 0 Å². The van der Waals surface area contributed by atoms with Crippen molar-refractivity contribution in [2.24, 2.45) is 0 Å². The van der Waals surface area contributed by atoms with Gasteiger partial charge in [-0.3, -0.25) is 0 Å². The smallest absolute Gasteiger partial charge is 0.205 e. The first-order valence-corrected chi connectivity index (χ1v) is 3.33. The van der Waals surface area contributed by atoms with Gasteiger partial charge in [-0.25, -0.2) is 4.58 Å². The molecule has 1 heterocycles. The Morgan fingerprint density at radius 2 is 2.20 bits per heavy atom. The molecule has 0 radical (unpaired) electrons. The molecule has 0 bridgehead atoms. The van der Waals surface area contributed by atoms with Crippen LogP contribution >= 0.6 is 0 Å². The monoisotopic (exact) mass is 134 g/mol. The molecule has 1 aliphatic rings. The minimum absolute atomic E-state index is 0.987. The van der Waals surface area contributed by atoms with Crippen molar-refractivity contribution in [1.82, 2.24) is 0 Å². The number of nitrogens with zero attached hydrogens (tertiary/aromatic N) is 1. The average molecular weight is 134 g/mol. The van der Waals surface area contributed by atoms with Gasteiger partial charge in [0.1, 0.15) is 13.3 Å². The third kappa shape index (κ3) is 0.947. The SMILES string of the molecule is C=CC1=C(C=C)[N+](C)=CC1. The fourth-order valence-corrected chi connectivity index (χ4v) is 1.13. The standard InChI is InChI=1S/C9H12N/c1-4-8-6-7-10(3)9(8)5-2/h4-5,7H,1-2,6H2,3H3/q+1. The van der Waals surface area contributed by atoms with Gasteiger partial charge in [-0.05, 0) is 0 Å². The Balaban J connectivity index is 3.02. The molecule has 1 rings (SSSR count). The van der Waals surface area contributed by atoms with Gasteiger partial charge in [-0.2, -0.15) is 0 Å². The highest BCUT2D eigenvalue weighted by Gasteiger charge is 2.15. The Bertz CT molecular complexity index is 231. The molecule has 0 saturated heterocycles. The minimum Gasteiger partial charge on any atom is -0.205 e. The molecule has 0 unspecified atom stereocenters. The Morgan fingerprint density at radius 1 is 1.50 bits per heavy atom. The Kier molecular flexibility index (Phi) is 1.86. The fraction of sp³-hybridized carbons (Fsp3) is 0.222. The van der Waals surface area contributed by atoms with Crippen LogP contribution in [0.25, 0.3) is 0 Å². The maximum Gasteiger partial charge on any atom is 0.207 e. The predicted octanol–water partition coefficient (Wildman–Crippen LogP) is 1.73. The molecular weight excluding hydrogens is 122 g/mol. The van der Waals surface area contributed by atoms with E-state index in [1.165, 1.54) is 11.3 Å². The largest absolute Gasteiger partial charge is 0.207 e. The van der Waals surface area contributed by atoms with Gasteiger partial charge in [0.05, 0.1) is 6.42 Å². The zero-order valence-electron chi connectivity index (χ0n) is 6.30. The lowest BCUT2D eigenvalue weighted by molar-refractivity contribution is -0.430. The van der Waals surface area contributed by atoms with Gasteiger partial charge in [0.25, 0.3) is 0 Å². The maximum absolute atomic E-state index is 3.72. The predicted molar refractivity (Wildman–Crippen MR) is 44.3 cm³/mol. The van der Waals surface area contributed by atoms with Crippen molar-refractivity contribution < 1.29 is 4.58 Å². The van der Waals surface area contributed by atoms with Crippen molar-refractivity contribution in [2.75, 3.05) is 7.05 Å². The Hall–Kier alpha value is -1.11. The van der Waals surface area contributed by atoms with Crippen molar-refractivity contribution in [3.8, 4) is 0 Å². The normalized spacial score (nSPS) is 17.1. The number of likely N-dealkylation sites (N-methyl/N-ethyl adjacent to an activating group) is 1. The summed E-state index contributed by atoms with van der Waals surface area (Å²) in [5, 5.41) is 0. The summed E-state index contributed by atoms with van der Waals surface area (Å²) in [5.41, 5.74) is 2.44. The van der Waals surface area contributed by atoms with E-state index >= 15 is 0 Å². The first kappa shape index (κ1) is 7.00. The molecule has 52 valence electrons. The van der Waals surface area contributed by atoms with Crippen LogP contribution in [0.4, 0.5) is 0 Å². The van der Waals surface area contributed by atoms with Crippen LogP contribution in [-0.2, 0) is 0 Å². The van der Waals surface area contributed by atoms with Crippen molar-refractivity contribution in [1.29, 1.82) is 0 Å². The van der Waals surface area contributed by atoms with Gasteiger partial charge in [-0.1, -0.05) is 19.2 Å². The van der Waals surface area contributed by atoms with E-state index < -0.39 is 0 Å². The van der Waals surface area contributed by atoms with Crippen LogP contribution in [0, 0.1) is 0 Å². The molecule has 0 amide bonds. The molecule has 0 aromatic carbocycles. The van der Waals surface area contributed by atoms with E-state index in [1.807, 2.05) is 19.2 Å². The molecule has 0 N–H and O–H groups in total. The highest BCUT2D eigenvalue weighted by molar-refractivity contribution is 5.62. The van der Waals surface area contributed by atoms with Gasteiger partial charge < -0.3 is 0 Å². The van der Waals surface area contributed by atoms with E-state index in [4.69, 9.17) is 0 Å². The van der Waals surface area contributed by atoms with Gasteiger partial charge in [0, 0.05) is 11.6 Å². The highest BCUT2D eigenvalue weighted by atomic mass is 15.0. The van der Waals surface area contributed by atoms with Crippen LogP contribution in [-0.4, -0.2) is 17.8 Å². The van der Waals surface area contributed by atoms with Crippen molar-refractivity contribution >= 4 is 6.21 Å². The molecule has 0 aromatic heterocycles. The highest BCUT2D eigenvalue weighted by Crippen LogP contribution is 2.15. The fourth-order valence-electron chi connectivity index (χ4n) is 1.13. The van der Waals surface area contributed by atoms with Gasteiger partial charge in [0.2, 0.25) is 5.70 Å². The molecule has 0 aromatic rings. The van der Waals surface area contributed by atoms with Crippen molar-refractivity contribution in [3.05, 3.63) is 36.6 Å². The molecular formula is C9H12N+. The van der Waals surface area contributed by atoms with Crippen molar-refractivity contribution in [3.63, 3.8) is 0 Å². The zero-order valence-corrected chi connectivity index (χ0v) is 6.30. The minimum atomic E-state index is 0.987. The van der Waals surface area contributed by atoms with E-state index in [0.29, 0.717) is 0 Å². The molecule has 0 spiro atoms. The number of rotatable bonds is 2. The van der Waals surface area contributed by atoms with E-state index in [2.05, 4.69) is 23.9 Å². The molecule has 0 saturated carbocycles. The quantitative estimate of drug-likeness (QED) is 0.506. The maximum atomic E-state index is 3.72. The molecule has 0 fully saturated rings. The first-order valence-electron chi connectivity index (χ1n) is 3.33. The third-order valence-electron chi connectivity index (χ3n) is 1.73. The summed E-state index contributed by atoms with van der Waals surface area (Å²) in [6, 6.07) is 0. The molecule has 0 aliphatic carbocycles. The first-order chi connectivity index (χ1) is 4.79. The summed E-state index contributed by atoms with van der Waals surface area (Å²) in [5.74, 6) is 0. The van der Waals surface area contributed by atoms with Crippen LogP contribution in [0.15, 0.2) is 36.6 Å². The summed E-state index contributed by atoms with van der Waals surface area (Å²) in [6.45, 7) is 7.45. The number of allylic oxidation sites excluding steroid dienone is 3. The van der Waals surface area contributed by atoms with E-state index in [1.54, 1.807) is 0 Å². The second kappa shape index (κ2) is 2.65. The van der Waals surface area contributed by atoms with Crippen LogP contribution in [0.5, 0.6) is 0 Å². The summed E-state index contributed by atoms with van der Waals surface area (Å²) >= 11 is 0. The second-order valence-electron chi connectivity index (χ2n) is 2.32.